The zero-order chi connectivity index (χ0) is 18.2. The fourth-order valence-corrected chi connectivity index (χ4v) is 3.01. The highest BCUT2D eigenvalue weighted by Gasteiger charge is 2.25. The number of methoxy groups -OCH3 is 1. The van der Waals surface area contributed by atoms with Crippen LogP contribution in [0.25, 0.3) is 0 Å². The van der Waals surface area contributed by atoms with E-state index in [1.807, 2.05) is 0 Å². The Balaban J connectivity index is 1.97. The van der Waals surface area contributed by atoms with Crippen molar-refractivity contribution < 1.29 is 23.0 Å². The average molecular weight is 357 g/mol. The molecule has 1 amide bonds. The second-order valence-electron chi connectivity index (χ2n) is 6.02. The summed E-state index contributed by atoms with van der Waals surface area (Å²) in [6, 6.07) is 4.91. The topological polar surface area (TPSA) is 76.8 Å². The Morgan fingerprint density at radius 2 is 2.24 bits per heavy atom. The number of likely N-dealkylation sites (tertiary alicyclic amines) is 1. The monoisotopic (exact) mass is 357 g/mol. The molecule has 1 unspecified atom stereocenters. The molecule has 1 aromatic carbocycles. The number of ether oxygens (including phenoxy) is 2. The quantitative estimate of drug-likeness (QED) is 0.739. The van der Waals surface area contributed by atoms with Gasteiger partial charge in [-0.05, 0) is 37.1 Å². The third kappa shape index (κ3) is 5.82. The van der Waals surface area contributed by atoms with E-state index < -0.39 is 6.61 Å². The van der Waals surface area contributed by atoms with Crippen molar-refractivity contribution in [1.29, 1.82) is 0 Å². The number of carbonyl (C=O) groups excluding carboxylic acids is 1. The van der Waals surface area contributed by atoms with Crippen LogP contribution in [0.15, 0.2) is 18.2 Å². The molecule has 1 aliphatic rings. The number of nitrogens with one attached hydrogen (secondary N) is 1. The highest BCUT2D eigenvalue weighted by atomic mass is 19.3. The van der Waals surface area contributed by atoms with Gasteiger partial charge in [0, 0.05) is 26.2 Å². The number of halogens is 2. The first-order valence-electron chi connectivity index (χ1n) is 8.35. The number of benzene rings is 1. The molecule has 6 nitrogen and oxygen atoms in total. The van der Waals surface area contributed by atoms with E-state index in [9.17, 15) is 13.6 Å². The Bertz CT molecular complexity index is 572. The Kier molecular flexibility index (Phi) is 7.39. The molecular weight excluding hydrogens is 332 g/mol. The van der Waals surface area contributed by atoms with Crippen LogP contribution in [0.5, 0.6) is 11.5 Å². The molecule has 0 aromatic heterocycles. The van der Waals surface area contributed by atoms with Crippen LogP contribution in [-0.2, 0) is 11.3 Å². The SMILES string of the molecule is COc1cc(CN2CCCC(C(=O)NCCN)C2)ccc1OC(F)F. The molecule has 25 heavy (non-hydrogen) atoms. The van der Waals surface area contributed by atoms with Gasteiger partial charge in [0.15, 0.2) is 11.5 Å². The molecule has 0 radical (unpaired) electrons. The number of alkyl halides is 2. The number of hydrogen-bond donors (Lipinski definition) is 2. The van der Waals surface area contributed by atoms with E-state index in [1.165, 1.54) is 13.2 Å². The summed E-state index contributed by atoms with van der Waals surface area (Å²) in [6.07, 6.45) is 1.79. The van der Waals surface area contributed by atoms with Crippen molar-refractivity contribution in [3.05, 3.63) is 23.8 Å². The third-order valence-electron chi connectivity index (χ3n) is 4.17. The van der Waals surface area contributed by atoms with Crippen molar-refractivity contribution >= 4 is 5.91 Å². The molecule has 3 N–H and O–H groups in total. The van der Waals surface area contributed by atoms with Gasteiger partial charge in [0.25, 0.3) is 0 Å². The average Bonchev–Trinajstić information content (AvgIpc) is 2.60. The summed E-state index contributed by atoms with van der Waals surface area (Å²) in [5, 5.41) is 2.83. The normalized spacial score (nSPS) is 18.2. The maximum absolute atomic E-state index is 12.4. The predicted octanol–water partition coefficient (Wildman–Crippen LogP) is 1.58. The fraction of sp³-hybridized carbons (Fsp3) is 0.588. The van der Waals surface area contributed by atoms with Crippen molar-refractivity contribution in [2.75, 3.05) is 33.3 Å². The van der Waals surface area contributed by atoms with Crippen LogP contribution >= 0.6 is 0 Å². The summed E-state index contributed by atoms with van der Waals surface area (Å²) in [7, 11) is 1.41. The molecule has 2 rings (SSSR count). The van der Waals surface area contributed by atoms with Crippen LogP contribution in [0.2, 0.25) is 0 Å². The Labute approximate surface area is 146 Å². The molecule has 8 heteroatoms. The van der Waals surface area contributed by atoms with E-state index in [0.29, 0.717) is 26.2 Å². The molecule has 1 atom stereocenters. The van der Waals surface area contributed by atoms with Gasteiger partial charge in [-0.2, -0.15) is 8.78 Å². The fourth-order valence-electron chi connectivity index (χ4n) is 3.01. The van der Waals surface area contributed by atoms with Crippen molar-refractivity contribution in [3.63, 3.8) is 0 Å². The molecule has 1 saturated heterocycles. The van der Waals surface area contributed by atoms with Crippen LogP contribution in [0, 0.1) is 5.92 Å². The first-order chi connectivity index (χ1) is 12.0. The maximum Gasteiger partial charge on any atom is 0.387 e. The predicted molar refractivity (Wildman–Crippen MR) is 89.7 cm³/mol. The summed E-state index contributed by atoms with van der Waals surface area (Å²) in [4.78, 5) is 14.3. The lowest BCUT2D eigenvalue weighted by Crippen LogP contribution is -2.43. The summed E-state index contributed by atoms with van der Waals surface area (Å²) < 4.78 is 34.3. The summed E-state index contributed by atoms with van der Waals surface area (Å²) in [6.45, 7) is 0.181. The highest BCUT2D eigenvalue weighted by Crippen LogP contribution is 2.30. The third-order valence-corrected chi connectivity index (χ3v) is 4.17. The molecule has 1 aliphatic heterocycles. The van der Waals surface area contributed by atoms with Crippen molar-refractivity contribution in [1.82, 2.24) is 10.2 Å². The molecule has 1 aromatic rings. The van der Waals surface area contributed by atoms with Crippen LogP contribution in [0.3, 0.4) is 0 Å². The summed E-state index contributed by atoms with van der Waals surface area (Å²) in [5.74, 6) is 0.267. The minimum atomic E-state index is -2.89. The van der Waals surface area contributed by atoms with Gasteiger partial charge in [-0.1, -0.05) is 6.07 Å². The van der Waals surface area contributed by atoms with E-state index >= 15 is 0 Å². The zero-order valence-corrected chi connectivity index (χ0v) is 14.3. The molecular formula is C17H25F2N3O3. The van der Waals surface area contributed by atoms with Gasteiger partial charge in [-0.25, -0.2) is 0 Å². The van der Waals surface area contributed by atoms with Gasteiger partial charge in [0.05, 0.1) is 13.0 Å². The molecule has 0 spiro atoms. The minimum absolute atomic E-state index is 0.0129. The molecule has 1 heterocycles. The Morgan fingerprint density at radius 1 is 1.44 bits per heavy atom. The molecule has 0 saturated carbocycles. The molecule has 1 fully saturated rings. The standard InChI is InChI=1S/C17H25F2N3O3/c1-24-15-9-12(4-5-14(15)25-17(18)19)10-22-8-2-3-13(11-22)16(23)21-7-6-20/h4-5,9,13,17H,2-3,6-8,10-11,20H2,1H3,(H,21,23). The highest BCUT2D eigenvalue weighted by molar-refractivity contribution is 5.78. The Morgan fingerprint density at radius 3 is 2.92 bits per heavy atom. The summed E-state index contributed by atoms with van der Waals surface area (Å²) in [5.41, 5.74) is 6.33. The maximum atomic E-state index is 12.4. The zero-order valence-electron chi connectivity index (χ0n) is 14.3. The number of amides is 1. The second-order valence-corrected chi connectivity index (χ2v) is 6.02. The lowest BCUT2D eigenvalue weighted by atomic mass is 9.96. The van der Waals surface area contributed by atoms with Crippen LogP contribution in [0.1, 0.15) is 18.4 Å². The van der Waals surface area contributed by atoms with Gasteiger partial charge in [-0.15, -0.1) is 0 Å². The van der Waals surface area contributed by atoms with Crippen molar-refractivity contribution in [2.45, 2.75) is 26.0 Å². The summed E-state index contributed by atoms with van der Waals surface area (Å²) >= 11 is 0. The van der Waals surface area contributed by atoms with E-state index in [4.69, 9.17) is 10.5 Å². The lowest BCUT2D eigenvalue weighted by molar-refractivity contribution is -0.126. The van der Waals surface area contributed by atoms with E-state index in [-0.39, 0.29) is 23.3 Å². The van der Waals surface area contributed by atoms with Gasteiger partial charge in [0.1, 0.15) is 0 Å². The molecule has 0 aliphatic carbocycles. The van der Waals surface area contributed by atoms with Gasteiger partial charge in [0.2, 0.25) is 5.91 Å². The first kappa shape index (κ1) is 19.4. The number of hydrogen-bond acceptors (Lipinski definition) is 5. The van der Waals surface area contributed by atoms with E-state index in [0.717, 1.165) is 24.9 Å². The smallest absolute Gasteiger partial charge is 0.387 e. The van der Waals surface area contributed by atoms with Gasteiger partial charge >= 0.3 is 6.61 Å². The van der Waals surface area contributed by atoms with Crippen LogP contribution in [0.4, 0.5) is 8.78 Å². The van der Waals surface area contributed by atoms with Crippen molar-refractivity contribution in [2.24, 2.45) is 11.7 Å². The number of nitrogens with zero attached hydrogens (tertiary/aromatic N) is 1. The Hall–Kier alpha value is -1.93. The first-order valence-corrected chi connectivity index (χ1v) is 8.35. The van der Waals surface area contributed by atoms with Crippen LogP contribution in [-0.4, -0.2) is 50.7 Å². The number of rotatable bonds is 8. The van der Waals surface area contributed by atoms with E-state index in [2.05, 4.69) is 15.0 Å². The largest absolute Gasteiger partial charge is 0.493 e. The van der Waals surface area contributed by atoms with Crippen molar-refractivity contribution in [3.8, 4) is 11.5 Å². The molecule has 0 bridgehead atoms. The van der Waals surface area contributed by atoms with E-state index in [1.54, 1.807) is 12.1 Å². The lowest BCUT2D eigenvalue weighted by Gasteiger charge is -2.32. The number of carbonyl (C=O) groups is 1. The number of piperidine rings is 1. The number of nitrogens with two attached hydrogens (primary N) is 1. The van der Waals surface area contributed by atoms with Gasteiger partial charge in [-0.3, -0.25) is 9.69 Å². The van der Waals surface area contributed by atoms with Crippen LogP contribution < -0.4 is 20.5 Å². The molecule has 140 valence electrons. The van der Waals surface area contributed by atoms with Gasteiger partial charge < -0.3 is 20.5 Å². The minimum Gasteiger partial charge on any atom is -0.493 e. The second kappa shape index (κ2) is 9.53.